The fourth-order valence-electron chi connectivity index (χ4n) is 2.13. The summed E-state index contributed by atoms with van der Waals surface area (Å²) in [6.45, 7) is 2.28. The first kappa shape index (κ1) is 20.3. The summed E-state index contributed by atoms with van der Waals surface area (Å²) in [4.78, 5) is 24.0. The summed E-state index contributed by atoms with van der Waals surface area (Å²) in [6.07, 6.45) is 0. The lowest BCUT2D eigenvalue weighted by atomic mass is 10.2. The molecule has 0 aromatic heterocycles. The zero-order valence-electron chi connectivity index (χ0n) is 14.3. The molecule has 138 valence electrons. The molecule has 2 aromatic carbocycles. The monoisotopic (exact) mass is 488 g/mol. The standard InChI is InChI=1S/C18H18ClIN2O4/c1-3-21-17(23)10-26-12-6-4-5-11(7-12)22-18(24)13-8-14(19)15(20)9-16(13)25-2/h4-9H,3,10H2,1-2H3,(H,21,23)(H,22,24). The lowest BCUT2D eigenvalue weighted by Crippen LogP contribution is -2.28. The van der Waals surface area contributed by atoms with Gasteiger partial charge in [0.15, 0.2) is 6.61 Å². The molecule has 8 heteroatoms. The Kier molecular flexibility index (Phi) is 7.52. The van der Waals surface area contributed by atoms with E-state index in [4.69, 9.17) is 21.1 Å². The molecule has 0 atom stereocenters. The number of methoxy groups -OCH3 is 1. The van der Waals surface area contributed by atoms with Gasteiger partial charge in [-0.3, -0.25) is 9.59 Å². The predicted molar refractivity (Wildman–Crippen MR) is 109 cm³/mol. The summed E-state index contributed by atoms with van der Waals surface area (Å²) in [7, 11) is 1.49. The van der Waals surface area contributed by atoms with Gasteiger partial charge in [0, 0.05) is 21.9 Å². The third-order valence-corrected chi connectivity index (χ3v) is 4.85. The van der Waals surface area contributed by atoms with Gasteiger partial charge >= 0.3 is 0 Å². The molecule has 2 amide bonds. The second-order valence-electron chi connectivity index (χ2n) is 5.19. The average molecular weight is 489 g/mol. The van der Waals surface area contributed by atoms with E-state index in [9.17, 15) is 9.59 Å². The van der Waals surface area contributed by atoms with Crippen LogP contribution in [0.2, 0.25) is 5.02 Å². The first-order chi connectivity index (χ1) is 12.4. The molecule has 0 aliphatic heterocycles. The van der Waals surface area contributed by atoms with Gasteiger partial charge in [0.1, 0.15) is 11.5 Å². The van der Waals surface area contributed by atoms with Crippen LogP contribution in [0, 0.1) is 3.57 Å². The van der Waals surface area contributed by atoms with E-state index in [2.05, 4.69) is 33.2 Å². The van der Waals surface area contributed by atoms with Crippen molar-refractivity contribution in [3.8, 4) is 11.5 Å². The van der Waals surface area contributed by atoms with Crippen LogP contribution in [0.5, 0.6) is 11.5 Å². The summed E-state index contributed by atoms with van der Waals surface area (Å²) < 4.78 is 11.5. The van der Waals surface area contributed by atoms with Gasteiger partial charge in [-0.1, -0.05) is 17.7 Å². The smallest absolute Gasteiger partial charge is 0.259 e. The van der Waals surface area contributed by atoms with Crippen molar-refractivity contribution >= 4 is 51.7 Å². The fraction of sp³-hybridized carbons (Fsp3) is 0.222. The molecule has 0 saturated carbocycles. The van der Waals surface area contributed by atoms with Gasteiger partial charge in [0.2, 0.25) is 0 Å². The SMILES string of the molecule is CCNC(=O)COc1cccc(NC(=O)c2cc(Cl)c(I)cc2OC)c1. The van der Waals surface area contributed by atoms with Crippen LogP contribution in [0.4, 0.5) is 5.69 Å². The third-order valence-electron chi connectivity index (χ3n) is 3.32. The van der Waals surface area contributed by atoms with Crippen LogP contribution in [0.3, 0.4) is 0 Å². The third kappa shape index (κ3) is 5.50. The van der Waals surface area contributed by atoms with Gasteiger partial charge in [-0.05, 0) is 53.8 Å². The molecule has 0 heterocycles. The first-order valence-electron chi connectivity index (χ1n) is 7.78. The van der Waals surface area contributed by atoms with E-state index >= 15 is 0 Å². The van der Waals surface area contributed by atoms with E-state index in [1.807, 2.05) is 6.92 Å². The van der Waals surface area contributed by atoms with Crippen LogP contribution in [-0.2, 0) is 4.79 Å². The van der Waals surface area contributed by atoms with Gasteiger partial charge in [-0.25, -0.2) is 0 Å². The maximum Gasteiger partial charge on any atom is 0.259 e. The van der Waals surface area contributed by atoms with Crippen molar-refractivity contribution in [2.45, 2.75) is 6.92 Å². The number of hydrogen-bond acceptors (Lipinski definition) is 4. The highest BCUT2D eigenvalue weighted by molar-refractivity contribution is 14.1. The molecule has 0 aliphatic carbocycles. The zero-order valence-corrected chi connectivity index (χ0v) is 17.2. The minimum absolute atomic E-state index is 0.0915. The highest BCUT2D eigenvalue weighted by Gasteiger charge is 2.15. The van der Waals surface area contributed by atoms with Crippen LogP contribution in [0.25, 0.3) is 0 Å². The van der Waals surface area contributed by atoms with Crippen LogP contribution in [0.15, 0.2) is 36.4 Å². The van der Waals surface area contributed by atoms with Gasteiger partial charge in [0.25, 0.3) is 11.8 Å². The average Bonchev–Trinajstić information content (AvgIpc) is 2.62. The molecular weight excluding hydrogens is 471 g/mol. The Morgan fingerprint density at radius 1 is 1.23 bits per heavy atom. The molecule has 0 aliphatic rings. The van der Waals surface area contributed by atoms with E-state index in [0.29, 0.717) is 34.3 Å². The Hall–Kier alpha value is -2.00. The summed E-state index contributed by atoms with van der Waals surface area (Å²) in [5, 5.41) is 5.89. The van der Waals surface area contributed by atoms with Crippen LogP contribution >= 0.6 is 34.2 Å². The van der Waals surface area contributed by atoms with Crippen molar-refractivity contribution in [3.05, 3.63) is 50.6 Å². The number of amides is 2. The Morgan fingerprint density at radius 2 is 2.00 bits per heavy atom. The van der Waals surface area contributed by atoms with Crippen molar-refractivity contribution in [1.29, 1.82) is 0 Å². The summed E-state index contributed by atoms with van der Waals surface area (Å²) in [6, 6.07) is 10.0. The largest absolute Gasteiger partial charge is 0.496 e. The molecule has 0 unspecified atom stereocenters. The number of benzene rings is 2. The van der Waals surface area contributed by atoms with Gasteiger partial charge in [-0.2, -0.15) is 0 Å². The molecule has 0 saturated heterocycles. The zero-order chi connectivity index (χ0) is 19.1. The Balaban J connectivity index is 2.11. The number of hydrogen-bond donors (Lipinski definition) is 2. The second kappa shape index (κ2) is 9.63. The number of carbonyl (C=O) groups is 2. The first-order valence-corrected chi connectivity index (χ1v) is 9.24. The lowest BCUT2D eigenvalue weighted by molar-refractivity contribution is -0.122. The molecule has 26 heavy (non-hydrogen) atoms. The highest BCUT2D eigenvalue weighted by Crippen LogP contribution is 2.29. The Labute approximate surface area is 170 Å². The summed E-state index contributed by atoms with van der Waals surface area (Å²) >= 11 is 8.18. The number of halogens is 2. The van der Waals surface area contributed by atoms with Crippen molar-refractivity contribution in [3.63, 3.8) is 0 Å². The van der Waals surface area contributed by atoms with E-state index in [0.717, 1.165) is 3.57 Å². The molecule has 0 radical (unpaired) electrons. The molecule has 0 spiro atoms. The lowest BCUT2D eigenvalue weighted by Gasteiger charge is -2.12. The van der Waals surface area contributed by atoms with Crippen molar-refractivity contribution in [2.75, 3.05) is 25.6 Å². The quantitative estimate of drug-likeness (QED) is 0.583. The molecular formula is C18H18ClIN2O4. The van der Waals surface area contributed by atoms with E-state index in [1.165, 1.54) is 7.11 Å². The normalized spacial score (nSPS) is 10.2. The number of rotatable bonds is 7. The molecule has 0 bridgehead atoms. The summed E-state index contributed by atoms with van der Waals surface area (Å²) in [5.74, 6) is 0.336. The molecule has 2 aromatic rings. The molecule has 2 rings (SSSR count). The fourth-order valence-corrected chi connectivity index (χ4v) is 2.74. The molecule has 2 N–H and O–H groups in total. The number of nitrogens with one attached hydrogen (secondary N) is 2. The predicted octanol–water partition coefficient (Wildman–Crippen LogP) is 3.72. The Morgan fingerprint density at radius 3 is 2.69 bits per heavy atom. The number of carbonyl (C=O) groups excluding carboxylic acids is 2. The topological polar surface area (TPSA) is 76.7 Å². The maximum atomic E-state index is 12.6. The number of ether oxygens (including phenoxy) is 2. The highest BCUT2D eigenvalue weighted by atomic mass is 127. The van der Waals surface area contributed by atoms with E-state index < -0.39 is 0 Å². The van der Waals surface area contributed by atoms with Crippen molar-refractivity contribution in [1.82, 2.24) is 5.32 Å². The summed E-state index contributed by atoms with van der Waals surface area (Å²) in [5.41, 5.74) is 0.853. The maximum absolute atomic E-state index is 12.6. The van der Waals surface area contributed by atoms with Crippen LogP contribution in [-0.4, -0.2) is 32.1 Å². The van der Waals surface area contributed by atoms with Crippen LogP contribution in [0.1, 0.15) is 17.3 Å². The van der Waals surface area contributed by atoms with Gasteiger partial charge in [-0.15, -0.1) is 0 Å². The van der Waals surface area contributed by atoms with E-state index in [-0.39, 0.29) is 18.4 Å². The number of likely N-dealkylation sites (N-methyl/N-ethyl adjacent to an activating group) is 1. The molecule has 0 fully saturated rings. The molecule has 6 nitrogen and oxygen atoms in total. The van der Waals surface area contributed by atoms with Gasteiger partial charge in [0.05, 0.1) is 17.7 Å². The number of anilines is 1. The van der Waals surface area contributed by atoms with Gasteiger partial charge < -0.3 is 20.1 Å². The van der Waals surface area contributed by atoms with Crippen LogP contribution < -0.4 is 20.1 Å². The minimum Gasteiger partial charge on any atom is -0.496 e. The van der Waals surface area contributed by atoms with Crippen molar-refractivity contribution < 1.29 is 19.1 Å². The second-order valence-corrected chi connectivity index (χ2v) is 6.76. The Bertz CT molecular complexity index is 814. The minimum atomic E-state index is -0.360. The van der Waals surface area contributed by atoms with E-state index in [1.54, 1.807) is 36.4 Å². The van der Waals surface area contributed by atoms with Crippen molar-refractivity contribution in [2.24, 2.45) is 0 Å².